The molecule has 0 amide bonds. The number of rotatable bonds is 4. The van der Waals surface area contributed by atoms with E-state index in [2.05, 4.69) is 101 Å². The van der Waals surface area contributed by atoms with Crippen molar-refractivity contribution in [3.63, 3.8) is 0 Å². The van der Waals surface area contributed by atoms with Gasteiger partial charge in [-0.1, -0.05) is 76.6 Å². The van der Waals surface area contributed by atoms with Crippen LogP contribution in [0.25, 0.3) is 22.3 Å². The summed E-state index contributed by atoms with van der Waals surface area (Å²) in [7, 11) is 0. The molecule has 0 aliphatic rings. The van der Waals surface area contributed by atoms with Crippen LogP contribution in [0.4, 0.5) is 11.4 Å². The molecule has 132 valence electrons. The molecule has 0 saturated carbocycles. The van der Waals surface area contributed by atoms with Crippen molar-refractivity contribution in [2.75, 3.05) is 5.32 Å². The molecule has 1 N–H and O–H groups in total. The molecule has 0 unspecified atom stereocenters. The highest BCUT2D eigenvalue weighted by molar-refractivity contribution is 9.10. The molecule has 0 fully saturated rings. The highest BCUT2D eigenvalue weighted by Gasteiger charge is 2.11. The van der Waals surface area contributed by atoms with Gasteiger partial charge in [-0.3, -0.25) is 0 Å². The van der Waals surface area contributed by atoms with E-state index in [0.717, 1.165) is 15.8 Å². The molecular weight excluding hydrogens is 394 g/mol. The van der Waals surface area contributed by atoms with Crippen LogP contribution >= 0.6 is 15.9 Å². The topological polar surface area (TPSA) is 12.0 Å². The number of hydrogen-bond donors (Lipinski definition) is 1. The summed E-state index contributed by atoms with van der Waals surface area (Å²) in [6.45, 7) is 2.16. The Bertz CT molecular complexity index is 1060. The zero-order valence-electron chi connectivity index (χ0n) is 15.1. The SMILES string of the molecule is Cc1ccc(Br)cc1-c1cc(-c2ccccc2)ccc1Nc1ccccc1. The summed E-state index contributed by atoms with van der Waals surface area (Å²) >= 11 is 3.63. The second-order valence-electron chi connectivity index (χ2n) is 6.58. The first kappa shape index (κ1) is 17.6. The van der Waals surface area contributed by atoms with Gasteiger partial charge in [0.15, 0.2) is 0 Å². The Hall–Kier alpha value is -2.84. The van der Waals surface area contributed by atoms with Crippen molar-refractivity contribution in [2.24, 2.45) is 0 Å². The molecule has 0 heterocycles. The molecule has 0 atom stereocenters. The molecule has 4 aromatic rings. The molecule has 0 aliphatic heterocycles. The van der Waals surface area contributed by atoms with Crippen molar-refractivity contribution < 1.29 is 0 Å². The molecule has 0 aliphatic carbocycles. The van der Waals surface area contributed by atoms with E-state index in [-0.39, 0.29) is 0 Å². The smallest absolute Gasteiger partial charge is 0.0464 e. The number of aryl methyl sites for hydroxylation is 1. The molecular formula is C25H20BrN. The monoisotopic (exact) mass is 413 g/mol. The maximum absolute atomic E-state index is 3.63. The van der Waals surface area contributed by atoms with E-state index in [9.17, 15) is 0 Å². The molecule has 2 heteroatoms. The minimum Gasteiger partial charge on any atom is -0.355 e. The minimum absolute atomic E-state index is 1.08. The van der Waals surface area contributed by atoms with E-state index >= 15 is 0 Å². The zero-order valence-corrected chi connectivity index (χ0v) is 16.7. The van der Waals surface area contributed by atoms with Crippen molar-refractivity contribution >= 4 is 27.3 Å². The normalized spacial score (nSPS) is 10.6. The molecule has 0 aromatic heterocycles. The van der Waals surface area contributed by atoms with Crippen LogP contribution in [-0.2, 0) is 0 Å². The largest absolute Gasteiger partial charge is 0.355 e. The predicted octanol–water partition coefficient (Wildman–Crippen LogP) is 7.84. The van der Waals surface area contributed by atoms with Gasteiger partial charge in [-0.15, -0.1) is 0 Å². The Balaban J connectivity index is 1.87. The van der Waals surface area contributed by atoms with Gasteiger partial charge >= 0.3 is 0 Å². The van der Waals surface area contributed by atoms with Crippen LogP contribution in [0, 0.1) is 6.92 Å². The van der Waals surface area contributed by atoms with E-state index in [1.807, 2.05) is 24.3 Å². The first-order chi connectivity index (χ1) is 13.2. The van der Waals surface area contributed by atoms with Crippen molar-refractivity contribution in [3.05, 3.63) is 107 Å². The van der Waals surface area contributed by atoms with Gasteiger partial charge in [0, 0.05) is 21.4 Å². The first-order valence-electron chi connectivity index (χ1n) is 8.99. The van der Waals surface area contributed by atoms with Gasteiger partial charge in [-0.05, 0) is 65.6 Å². The Kier molecular flexibility index (Phi) is 5.08. The third kappa shape index (κ3) is 3.96. The van der Waals surface area contributed by atoms with E-state index < -0.39 is 0 Å². The highest BCUT2D eigenvalue weighted by Crippen LogP contribution is 2.37. The lowest BCUT2D eigenvalue weighted by Crippen LogP contribution is -1.95. The van der Waals surface area contributed by atoms with Gasteiger partial charge < -0.3 is 5.32 Å². The number of benzene rings is 4. The van der Waals surface area contributed by atoms with Gasteiger partial charge in [0.2, 0.25) is 0 Å². The van der Waals surface area contributed by atoms with Crippen LogP contribution in [0.1, 0.15) is 5.56 Å². The van der Waals surface area contributed by atoms with Gasteiger partial charge in [0.05, 0.1) is 0 Å². The molecule has 4 rings (SSSR count). The molecule has 0 spiro atoms. The predicted molar refractivity (Wildman–Crippen MR) is 119 cm³/mol. The summed E-state index contributed by atoms with van der Waals surface area (Å²) in [6, 6.07) is 33.9. The number of para-hydroxylation sites is 1. The summed E-state index contributed by atoms with van der Waals surface area (Å²) in [5, 5.41) is 3.58. The fourth-order valence-corrected chi connectivity index (χ4v) is 3.61. The summed E-state index contributed by atoms with van der Waals surface area (Å²) in [4.78, 5) is 0. The van der Waals surface area contributed by atoms with Gasteiger partial charge in [-0.25, -0.2) is 0 Å². The van der Waals surface area contributed by atoms with Gasteiger partial charge in [0.1, 0.15) is 0 Å². The van der Waals surface area contributed by atoms with Crippen LogP contribution in [0.5, 0.6) is 0 Å². The Labute approximate surface area is 168 Å². The summed E-state index contributed by atoms with van der Waals surface area (Å²) in [5.74, 6) is 0. The molecule has 27 heavy (non-hydrogen) atoms. The van der Waals surface area contributed by atoms with Crippen molar-refractivity contribution in [3.8, 4) is 22.3 Å². The highest BCUT2D eigenvalue weighted by atomic mass is 79.9. The summed E-state index contributed by atoms with van der Waals surface area (Å²) in [5.41, 5.74) is 8.28. The van der Waals surface area contributed by atoms with Gasteiger partial charge in [-0.2, -0.15) is 0 Å². The summed E-state index contributed by atoms with van der Waals surface area (Å²) in [6.07, 6.45) is 0. The average Bonchev–Trinajstić information content (AvgIpc) is 2.72. The number of hydrogen-bond acceptors (Lipinski definition) is 1. The van der Waals surface area contributed by atoms with Crippen LogP contribution < -0.4 is 5.32 Å². The number of halogens is 1. The fraction of sp³-hybridized carbons (Fsp3) is 0.0400. The first-order valence-corrected chi connectivity index (χ1v) is 9.78. The van der Waals surface area contributed by atoms with Crippen molar-refractivity contribution in [1.82, 2.24) is 0 Å². The van der Waals surface area contributed by atoms with E-state index in [4.69, 9.17) is 0 Å². The third-order valence-corrected chi connectivity index (χ3v) is 5.16. The molecule has 0 radical (unpaired) electrons. The van der Waals surface area contributed by atoms with E-state index in [1.54, 1.807) is 0 Å². The molecule has 0 saturated heterocycles. The lowest BCUT2D eigenvalue weighted by atomic mass is 9.94. The van der Waals surface area contributed by atoms with Crippen LogP contribution in [-0.4, -0.2) is 0 Å². The quantitative estimate of drug-likeness (QED) is 0.359. The van der Waals surface area contributed by atoms with Crippen molar-refractivity contribution in [1.29, 1.82) is 0 Å². The second kappa shape index (κ2) is 7.81. The Morgan fingerprint density at radius 2 is 1.33 bits per heavy atom. The zero-order chi connectivity index (χ0) is 18.6. The standard InChI is InChI=1S/C25H20BrN/c1-18-12-14-21(26)17-23(18)24-16-20(19-8-4-2-5-9-19)13-15-25(24)27-22-10-6-3-7-11-22/h2-17,27H,1H3. The maximum atomic E-state index is 3.63. The maximum Gasteiger partial charge on any atom is 0.0464 e. The summed E-state index contributed by atoms with van der Waals surface area (Å²) < 4.78 is 1.08. The van der Waals surface area contributed by atoms with Crippen molar-refractivity contribution in [2.45, 2.75) is 6.92 Å². The lowest BCUT2D eigenvalue weighted by Gasteiger charge is -2.16. The number of anilines is 2. The lowest BCUT2D eigenvalue weighted by molar-refractivity contribution is 1.43. The molecule has 4 aromatic carbocycles. The third-order valence-electron chi connectivity index (χ3n) is 4.67. The molecule has 0 bridgehead atoms. The van der Waals surface area contributed by atoms with Crippen LogP contribution in [0.15, 0.2) is 102 Å². The van der Waals surface area contributed by atoms with Crippen LogP contribution in [0.2, 0.25) is 0 Å². The second-order valence-corrected chi connectivity index (χ2v) is 7.49. The molecule has 1 nitrogen and oxygen atoms in total. The number of nitrogens with one attached hydrogen (secondary N) is 1. The average molecular weight is 414 g/mol. The van der Waals surface area contributed by atoms with Crippen LogP contribution in [0.3, 0.4) is 0 Å². The van der Waals surface area contributed by atoms with E-state index in [1.165, 1.54) is 27.8 Å². The Morgan fingerprint density at radius 1 is 0.630 bits per heavy atom. The Morgan fingerprint density at radius 3 is 2.07 bits per heavy atom. The van der Waals surface area contributed by atoms with E-state index in [0.29, 0.717) is 0 Å². The van der Waals surface area contributed by atoms with Gasteiger partial charge in [0.25, 0.3) is 0 Å². The minimum atomic E-state index is 1.08. The fourth-order valence-electron chi connectivity index (χ4n) is 3.25.